The van der Waals surface area contributed by atoms with Gasteiger partial charge in [-0.05, 0) is 25.1 Å². The lowest BCUT2D eigenvalue weighted by Crippen LogP contribution is -2.27. The summed E-state index contributed by atoms with van der Waals surface area (Å²) in [5.41, 5.74) is 1.54. The van der Waals surface area contributed by atoms with Gasteiger partial charge in [-0.15, -0.1) is 0 Å². The first-order chi connectivity index (χ1) is 8.63. The summed E-state index contributed by atoms with van der Waals surface area (Å²) in [6.07, 6.45) is 0. The Hall–Kier alpha value is -1.81. The van der Waals surface area contributed by atoms with Gasteiger partial charge in [0.25, 0.3) is 5.91 Å². The molecule has 98 valence electrons. The lowest BCUT2D eigenvalue weighted by molar-refractivity contribution is 0.0926. The average molecular weight is 249 g/mol. The Morgan fingerprint density at radius 1 is 1.44 bits per heavy atom. The number of carbonyl (C=O) groups is 1. The summed E-state index contributed by atoms with van der Waals surface area (Å²) >= 11 is 0. The summed E-state index contributed by atoms with van der Waals surface area (Å²) in [5, 5.41) is 2.77. The number of hydrogen-bond acceptors (Lipinski definition) is 3. The van der Waals surface area contributed by atoms with E-state index in [-0.39, 0.29) is 5.91 Å². The number of ether oxygens (including phenoxy) is 2. The summed E-state index contributed by atoms with van der Waals surface area (Å²) in [6, 6.07) is 7.02. The van der Waals surface area contributed by atoms with Gasteiger partial charge >= 0.3 is 0 Å². The molecule has 1 aromatic carbocycles. The number of rotatable bonds is 7. The molecule has 4 heteroatoms. The van der Waals surface area contributed by atoms with Gasteiger partial charge in [-0.1, -0.05) is 18.2 Å². The highest BCUT2D eigenvalue weighted by Gasteiger charge is 2.05. The molecule has 1 aromatic rings. The predicted molar refractivity (Wildman–Crippen MR) is 71.0 cm³/mol. The van der Waals surface area contributed by atoms with E-state index in [1.165, 1.54) is 0 Å². The maximum Gasteiger partial charge on any atom is 0.251 e. The molecule has 0 saturated heterocycles. The van der Waals surface area contributed by atoms with Gasteiger partial charge in [0.15, 0.2) is 0 Å². The Morgan fingerprint density at radius 2 is 2.22 bits per heavy atom. The van der Waals surface area contributed by atoms with Crippen molar-refractivity contribution in [1.82, 2.24) is 5.32 Å². The molecule has 4 nitrogen and oxygen atoms in total. The molecular formula is C14H19NO3. The second-order valence-corrected chi connectivity index (χ2v) is 4.00. The molecule has 0 bridgehead atoms. The Bertz CT molecular complexity index is 415. The van der Waals surface area contributed by atoms with Crippen LogP contribution in [0.3, 0.4) is 0 Å². The van der Waals surface area contributed by atoms with Gasteiger partial charge in [0, 0.05) is 12.1 Å². The second-order valence-electron chi connectivity index (χ2n) is 4.00. The third kappa shape index (κ3) is 5.01. The Kier molecular flexibility index (Phi) is 5.94. The second kappa shape index (κ2) is 7.50. The van der Waals surface area contributed by atoms with E-state index in [1.54, 1.807) is 31.4 Å². The lowest BCUT2D eigenvalue weighted by atomic mass is 10.2. The third-order valence-electron chi connectivity index (χ3n) is 2.21. The summed E-state index contributed by atoms with van der Waals surface area (Å²) in [7, 11) is 1.57. The van der Waals surface area contributed by atoms with Gasteiger partial charge in [0.05, 0.1) is 20.3 Å². The number of benzene rings is 1. The van der Waals surface area contributed by atoms with E-state index in [2.05, 4.69) is 11.9 Å². The van der Waals surface area contributed by atoms with Crippen molar-refractivity contribution in [3.63, 3.8) is 0 Å². The Labute approximate surface area is 108 Å². The van der Waals surface area contributed by atoms with Crippen molar-refractivity contribution < 1.29 is 14.3 Å². The quantitative estimate of drug-likeness (QED) is 0.594. The van der Waals surface area contributed by atoms with Crippen LogP contribution in [0.25, 0.3) is 0 Å². The first kappa shape index (κ1) is 14.3. The molecule has 0 saturated carbocycles. The molecule has 0 heterocycles. The summed E-state index contributed by atoms with van der Waals surface area (Å²) in [5.74, 6) is 0.536. The van der Waals surface area contributed by atoms with Crippen molar-refractivity contribution in [1.29, 1.82) is 0 Å². The zero-order valence-corrected chi connectivity index (χ0v) is 10.9. The molecule has 0 atom stereocenters. The molecule has 0 aliphatic rings. The van der Waals surface area contributed by atoms with Crippen molar-refractivity contribution in [3.8, 4) is 5.75 Å². The third-order valence-corrected chi connectivity index (χ3v) is 2.21. The predicted octanol–water partition coefficient (Wildman–Crippen LogP) is 2.02. The Morgan fingerprint density at radius 3 is 2.89 bits per heavy atom. The fraction of sp³-hybridized carbons (Fsp3) is 0.357. The molecule has 0 fully saturated rings. The smallest absolute Gasteiger partial charge is 0.251 e. The van der Waals surface area contributed by atoms with Crippen molar-refractivity contribution >= 4 is 5.91 Å². The highest BCUT2D eigenvalue weighted by Crippen LogP contribution is 2.12. The zero-order valence-electron chi connectivity index (χ0n) is 10.9. The monoisotopic (exact) mass is 249 g/mol. The number of carbonyl (C=O) groups excluding carboxylic acids is 1. The topological polar surface area (TPSA) is 47.6 Å². The van der Waals surface area contributed by atoms with Crippen LogP contribution in [0.15, 0.2) is 36.4 Å². The molecule has 1 amide bonds. The minimum absolute atomic E-state index is 0.132. The van der Waals surface area contributed by atoms with Gasteiger partial charge in [0.2, 0.25) is 0 Å². The van der Waals surface area contributed by atoms with Gasteiger partial charge < -0.3 is 14.8 Å². The van der Waals surface area contributed by atoms with Crippen molar-refractivity contribution in [2.24, 2.45) is 0 Å². The molecule has 18 heavy (non-hydrogen) atoms. The molecule has 0 aromatic heterocycles. The molecule has 1 rings (SSSR count). The minimum atomic E-state index is -0.132. The van der Waals surface area contributed by atoms with Crippen LogP contribution in [-0.4, -0.2) is 32.8 Å². The SMILES string of the molecule is C=C(C)COCCNC(=O)c1cccc(OC)c1. The van der Waals surface area contributed by atoms with E-state index in [0.29, 0.717) is 31.1 Å². The molecule has 0 aliphatic carbocycles. The molecule has 0 radical (unpaired) electrons. The number of amides is 1. The minimum Gasteiger partial charge on any atom is -0.497 e. The van der Waals surface area contributed by atoms with E-state index in [9.17, 15) is 4.79 Å². The normalized spacial score (nSPS) is 9.89. The Balaban J connectivity index is 2.33. The fourth-order valence-electron chi connectivity index (χ4n) is 1.35. The van der Waals surface area contributed by atoms with Crippen LogP contribution in [0, 0.1) is 0 Å². The van der Waals surface area contributed by atoms with Crippen LogP contribution in [0.1, 0.15) is 17.3 Å². The van der Waals surface area contributed by atoms with Crippen LogP contribution < -0.4 is 10.1 Å². The highest BCUT2D eigenvalue weighted by atomic mass is 16.5. The van der Waals surface area contributed by atoms with Crippen LogP contribution in [0.2, 0.25) is 0 Å². The van der Waals surface area contributed by atoms with Crippen LogP contribution in [-0.2, 0) is 4.74 Å². The van der Waals surface area contributed by atoms with Crippen LogP contribution in [0.5, 0.6) is 5.75 Å². The van der Waals surface area contributed by atoms with Crippen LogP contribution >= 0.6 is 0 Å². The van der Waals surface area contributed by atoms with Gasteiger partial charge in [-0.25, -0.2) is 0 Å². The molecule has 1 N–H and O–H groups in total. The summed E-state index contributed by atoms with van der Waals surface area (Å²) in [6.45, 7) is 7.10. The van der Waals surface area contributed by atoms with Crippen molar-refractivity contribution in [3.05, 3.63) is 42.0 Å². The summed E-state index contributed by atoms with van der Waals surface area (Å²) < 4.78 is 10.3. The maximum absolute atomic E-state index is 11.8. The van der Waals surface area contributed by atoms with E-state index in [0.717, 1.165) is 5.57 Å². The molecule has 0 unspecified atom stereocenters. The van der Waals surface area contributed by atoms with E-state index < -0.39 is 0 Å². The number of hydrogen-bond donors (Lipinski definition) is 1. The van der Waals surface area contributed by atoms with Crippen molar-refractivity contribution in [2.45, 2.75) is 6.92 Å². The van der Waals surface area contributed by atoms with Crippen LogP contribution in [0.4, 0.5) is 0 Å². The maximum atomic E-state index is 11.8. The fourth-order valence-corrected chi connectivity index (χ4v) is 1.35. The number of methoxy groups -OCH3 is 1. The van der Waals surface area contributed by atoms with Gasteiger partial charge in [-0.2, -0.15) is 0 Å². The average Bonchev–Trinajstić information content (AvgIpc) is 2.37. The number of nitrogens with one attached hydrogen (secondary N) is 1. The van der Waals surface area contributed by atoms with Crippen molar-refractivity contribution in [2.75, 3.05) is 26.9 Å². The van der Waals surface area contributed by atoms with Gasteiger partial charge in [0.1, 0.15) is 5.75 Å². The van der Waals surface area contributed by atoms with E-state index in [4.69, 9.17) is 9.47 Å². The lowest BCUT2D eigenvalue weighted by Gasteiger charge is -2.07. The highest BCUT2D eigenvalue weighted by molar-refractivity contribution is 5.94. The summed E-state index contributed by atoms with van der Waals surface area (Å²) in [4.78, 5) is 11.8. The zero-order chi connectivity index (χ0) is 13.4. The standard InChI is InChI=1S/C14H19NO3/c1-11(2)10-18-8-7-15-14(16)12-5-4-6-13(9-12)17-3/h4-6,9H,1,7-8,10H2,2-3H3,(H,15,16). The first-order valence-corrected chi connectivity index (χ1v) is 5.78. The molecule has 0 aliphatic heterocycles. The first-order valence-electron chi connectivity index (χ1n) is 5.78. The van der Waals surface area contributed by atoms with E-state index >= 15 is 0 Å². The largest absolute Gasteiger partial charge is 0.497 e. The molecular weight excluding hydrogens is 230 g/mol. The van der Waals surface area contributed by atoms with E-state index in [1.807, 2.05) is 6.92 Å². The van der Waals surface area contributed by atoms with Gasteiger partial charge in [-0.3, -0.25) is 4.79 Å². The molecule has 0 spiro atoms.